The van der Waals surface area contributed by atoms with Gasteiger partial charge < -0.3 is 10.0 Å². The van der Waals surface area contributed by atoms with Crippen LogP contribution in [0.3, 0.4) is 0 Å². The minimum Gasteiger partial charge on any atom is -0.392 e. The Labute approximate surface area is 103 Å². The molecule has 1 N–H and O–H groups in total. The van der Waals surface area contributed by atoms with Crippen LogP contribution >= 0.6 is 0 Å². The Morgan fingerprint density at radius 1 is 1.35 bits per heavy atom. The summed E-state index contributed by atoms with van der Waals surface area (Å²) in [4.78, 5) is 9.10. The maximum atomic E-state index is 9.00. The number of pyridine rings is 1. The summed E-state index contributed by atoms with van der Waals surface area (Å²) in [6.07, 6.45) is 1.75. The van der Waals surface area contributed by atoms with E-state index in [2.05, 4.69) is 35.7 Å². The number of rotatable bonds is 2. The molecular formula is C13H21N3O. The van der Waals surface area contributed by atoms with Crippen LogP contribution in [0.15, 0.2) is 18.3 Å². The molecular weight excluding hydrogens is 214 g/mol. The van der Waals surface area contributed by atoms with Gasteiger partial charge in [-0.3, -0.25) is 4.90 Å². The van der Waals surface area contributed by atoms with E-state index in [4.69, 9.17) is 5.11 Å². The van der Waals surface area contributed by atoms with Crippen molar-refractivity contribution in [2.75, 3.05) is 31.6 Å². The van der Waals surface area contributed by atoms with Crippen molar-refractivity contribution in [3.05, 3.63) is 23.9 Å². The summed E-state index contributed by atoms with van der Waals surface area (Å²) >= 11 is 0. The zero-order chi connectivity index (χ0) is 12.5. The van der Waals surface area contributed by atoms with E-state index in [9.17, 15) is 0 Å². The van der Waals surface area contributed by atoms with E-state index in [1.54, 1.807) is 6.20 Å². The SMILES string of the molecule is CN1CCN(c2ccc(CO)cn2)CC1(C)C. The van der Waals surface area contributed by atoms with Gasteiger partial charge in [-0.2, -0.15) is 0 Å². The molecule has 1 fully saturated rings. The highest BCUT2D eigenvalue weighted by molar-refractivity contribution is 5.40. The Bertz CT molecular complexity index is 375. The number of nitrogens with zero attached hydrogens (tertiary/aromatic N) is 3. The number of likely N-dealkylation sites (N-methyl/N-ethyl adjacent to an activating group) is 1. The van der Waals surface area contributed by atoms with E-state index in [1.165, 1.54) is 0 Å². The van der Waals surface area contributed by atoms with E-state index >= 15 is 0 Å². The smallest absolute Gasteiger partial charge is 0.128 e. The second-order valence-corrected chi connectivity index (χ2v) is 5.34. The molecule has 0 aliphatic carbocycles. The van der Waals surface area contributed by atoms with Crippen molar-refractivity contribution < 1.29 is 5.11 Å². The van der Waals surface area contributed by atoms with E-state index in [0.29, 0.717) is 0 Å². The molecule has 94 valence electrons. The monoisotopic (exact) mass is 235 g/mol. The van der Waals surface area contributed by atoms with Crippen molar-refractivity contribution in [1.29, 1.82) is 0 Å². The summed E-state index contributed by atoms with van der Waals surface area (Å²) in [5, 5.41) is 9.00. The quantitative estimate of drug-likeness (QED) is 0.833. The molecule has 1 aromatic heterocycles. The fourth-order valence-electron chi connectivity index (χ4n) is 2.13. The molecule has 0 aromatic carbocycles. The minimum absolute atomic E-state index is 0.0571. The van der Waals surface area contributed by atoms with Crippen LogP contribution in [0.2, 0.25) is 0 Å². The van der Waals surface area contributed by atoms with Crippen molar-refractivity contribution in [3.63, 3.8) is 0 Å². The van der Waals surface area contributed by atoms with Crippen LogP contribution in [0, 0.1) is 0 Å². The number of aromatic nitrogens is 1. The maximum absolute atomic E-state index is 9.00. The van der Waals surface area contributed by atoms with Gasteiger partial charge in [0.15, 0.2) is 0 Å². The van der Waals surface area contributed by atoms with Gasteiger partial charge in [-0.1, -0.05) is 6.07 Å². The molecule has 4 nitrogen and oxygen atoms in total. The molecule has 1 saturated heterocycles. The van der Waals surface area contributed by atoms with Crippen LogP contribution in [0.25, 0.3) is 0 Å². The Morgan fingerprint density at radius 2 is 2.12 bits per heavy atom. The number of aliphatic hydroxyl groups is 1. The lowest BCUT2D eigenvalue weighted by Gasteiger charge is -2.45. The van der Waals surface area contributed by atoms with Gasteiger partial charge in [-0.15, -0.1) is 0 Å². The third kappa shape index (κ3) is 2.58. The van der Waals surface area contributed by atoms with E-state index in [0.717, 1.165) is 31.0 Å². The molecule has 1 aliphatic rings. The molecule has 0 spiro atoms. The van der Waals surface area contributed by atoms with Crippen molar-refractivity contribution in [2.24, 2.45) is 0 Å². The van der Waals surface area contributed by atoms with Crippen LogP contribution in [0.5, 0.6) is 0 Å². The van der Waals surface area contributed by atoms with Gasteiger partial charge in [0.05, 0.1) is 6.61 Å². The summed E-state index contributed by atoms with van der Waals surface area (Å²) in [5.41, 5.74) is 1.04. The van der Waals surface area contributed by atoms with Crippen LogP contribution in [-0.2, 0) is 6.61 Å². The second kappa shape index (κ2) is 4.63. The van der Waals surface area contributed by atoms with E-state index in [-0.39, 0.29) is 12.1 Å². The molecule has 4 heteroatoms. The fraction of sp³-hybridized carbons (Fsp3) is 0.615. The average Bonchev–Trinajstić information content (AvgIpc) is 2.33. The fourth-order valence-corrected chi connectivity index (χ4v) is 2.13. The molecule has 2 rings (SSSR count). The number of hydrogen-bond donors (Lipinski definition) is 1. The molecule has 1 aromatic rings. The first-order valence-corrected chi connectivity index (χ1v) is 6.05. The lowest BCUT2D eigenvalue weighted by Crippen LogP contribution is -2.57. The Morgan fingerprint density at radius 3 is 2.65 bits per heavy atom. The van der Waals surface area contributed by atoms with Crippen molar-refractivity contribution in [1.82, 2.24) is 9.88 Å². The van der Waals surface area contributed by atoms with Crippen LogP contribution < -0.4 is 4.90 Å². The normalized spacial score (nSPS) is 20.6. The van der Waals surface area contributed by atoms with Crippen molar-refractivity contribution >= 4 is 5.82 Å². The first-order chi connectivity index (χ1) is 8.03. The molecule has 0 radical (unpaired) electrons. The van der Waals surface area contributed by atoms with Gasteiger partial charge in [0.25, 0.3) is 0 Å². The first-order valence-electron chi connectivity index (χ1n) is 6.05. The standard InChI is InChI=1S/C13H21N3O/c1-13(2)10-16(7-6-15(13)3)12-5-4-11(9-17)8-14-12/h4-5,8,17H,6-7,9-10H2,1-3H3. The number of anilines is 1. The Balaban J connectivity index is 2.12. The molecule has 0 amide bonds. The summed E-state index contributed by atoms with van der Waals surface area (Å²) < 4.78 is 0. The van der Waals surface area contributed by atoms with Crippen LogP contribution in [0.4, 0.5) is 5.82 Å². The zero-order valence-electron chi connectivity index (χ0n) is 10.8. The van der Waals surface area contributed by atoms with Crippen LogP contribution in [-0.4, -0.2) is 47.2 Å². The largest absolute Gasteiger partial charge is 0.392 e. The highest BCUT2D eigenvalue weighted by Crippen LogP contribution is 2.22. The first kappa shape index (κ1) is 12.3. The van der Waals surface area contributed by atoms with Crippen molar-refractivity contribution in [2.45, 2.75) is 26.0 Å². The van der Waals surface area contributed by atoms with Gasteiger partial charge >= 0.3 is 0 Å². The molecule has 0 atom stereocenters. The van der Waals surface area contributed by atoms with Gasteiger partial charge in [-0.25, -0.2) is 4.98 Å². The molecule has 0 saturated carbocycles. The highest BCUT2D eigenvalue weighted by atomic mass is 16.3. The highest BCUT2D eigenvalue weighted by Gasteiger charge is 2.31. The van der Waals surface area contributed by atoms with Gasteiger partial charge in [0, 0.05) is 31.4 Å². The summed E-state index contributed by atoms with van der Waals surface area (Å²) in [6, 6.07) is 3.93. The van der Waals surface area contributed by atoms with Crippen LogP contribution in [0.1, 0.15) is 19.4 Å². The number of piperazine rings is 1. The van der Waals surface area contributed by atoms with E-state index in [1.807, 2.05) is 12.1 Å². The topological polar surface area (TPSA) is 39.6 Å². The third-order valence-corrected chi connectivity index (χ3v) is 3.63. The molecule has 1 aliphatic heterocycles. The second-order valence-electron chi connectivity index (χ2n) is 5.34. The Kier molecular flexibility index (Phi) is 3.35. The number of aliphatic hydroxyl groups excluding tert-OH is 1. The number of hydrogen-bond acceptors (Lipinski definition) is 4. The summed E-state index contributed by atoms with van der Waals surface area (Å²) in [5.74, 6) is 1.00. The van der Waals surface area contributed by atoms with Gasteiger partial charge in [0.2, 0.25) is 0 Å². The van der Waals surface area contributed by atoms with Gasteiger partial charge in [-0.05, 0) is 32.5 Å². The predicted octanol–water partition coefficient (Wildman–Crippen LogP) is 1.10. The third-order valence-electron chi connectivity index (χ3n) is 3.63. The molecule has 0 unspecified atom stereocenters. The molecule has 2 heterocycles. The predicted molar refractivity (Wildman–Crippen MR) is 69.1 cm³/mol. The lowest BCUT2D eigenvalue weighted by molar-refractivity contribution is 0.138. The summed E-state index contributed by atoms with van der Waals surface area (Å²) in [7, 11) is 2.17. The average molecular weight is 235 g/mol. The lowest BCUT2D eigenvalue weighted by atomic mass is 10.00. The van der Waals surface area contributed by atoms with E-state index < -0.39 is 0 Å². The molecule has 17 heavy (non-hydrogen) atoms. The zero-order valence-corrected chi connectivity index (χ0v) is 10.8. The maximum Gasteiger partial charge on any atom is 0.128 e. The van der Waals surface area contributed by atoms with Crippen molar-refractivity contribution in [3.8, 4) is 0 Å². The minimum atomic E-state index is 0.0571. The summed E-state index contributed by atoms with van der Waals surface area (Å²) in [6.45, 7) is 7.60. The Hall–Kier alpha value is -1.13. The molecule has 0 bridgehead atoms. The van der Waals surface area contributed by atoms with Gasteiger partial charge in [0.1, 0.15) is 5.82 Å².